The molecule has 0 amide bonds. The van der Waals surface area contributed by atoms with E-state index in [1.165, 1.54) is 11.3 Å². The first kappa shape index (κ1) is 13.7. The summed E-state index contributed by atoms with van der Waals surface area (Å²) < 4.78 is 1.85. The zero-order valence-corrected chi connectivity index (χ0v) is 13.6. The van der Waals surface area contributed by atoms with Crippen LogP contribution in [0.3, 0.4) is 0 Å². The fourth-order valence-electron chi connectivity index (χ4n) is 1.79. The van der Waals surface area contributed by atoms with Crippen molar-refractivity contribution >= 4 is 49.0 Å². The molecule has 17 heavy (non-hydrogen) atoms. The molecule has 1 aromatic rings. The summed E-state index contributed by atoms with van der Waals surface area (Å²) in [7, 11) is 2.12. The van der Waals surface area contributed by atoms with Gasteiger partial charge >= 0.3 is 0 Å². The van der Waals surface area contributed by atoms with Crippen molar-refractivity contribution in [2.75, 3.05) is 39.8 Å². The first-order chi connectivity index (χ1) is 8.08. The number of carbonyl (C=O) groups excluding carboxylic acids is 1. The van der Waals surface area contributed by atoms with Crippen LogP contribution in [0.4, 0.5) is 0 Å². The molecule has 0 saturated carbocycles. The molecule has 0 radical (unpaired) electrons. The molecule has 1 aromatic heterocycles. The van der Waals surface area contributed by atoms with Crippen LogP contribution in [0.5, 0.6) is 0 Å². The zero-order chi connectivity index (χ0) is 12.4. The normalized spacial score (nSPS) is 18.5. The van der Waals surface area contributed by atoms with Crippen LogP contribution < -0.4 is 0 Å². The minimum atomic E-state index is 0.206. The van der Waals surface area contributed by atoms with Crippen molar-refractivity contribution in [2.24, 2.45) is 0 Å². The third-order valence-corrected chi connectivity index (χ3v) is 6.47. The number of piperazine rings is 1. The van der Waals surface area contributed by atoms with Crippen LogP contribution in [0.25, 0.3) is 0 Å². The van der Waals surface area contributed by atoms with Crippen LogP contribution in [0.15, 0.2) is 14.3 Å². The van der Waals surface area contributed by atoms with Crippen molar-refractivity contribution < 1.29 is 4.79 Å². The maximum atomic E-state index is 12.1. The number of hydrogen-bond donors (Lipinski definition) is 0. The summed E-state index contributed by atoms with van der Waals surface area (Å²) in [5, 5.41) is 1.95. The van der Waals surface area contributed by atoms with Gasteiger partial charge in [0.2, 0.25) is 0 Å². The molecule has 0 aliphatic carbocycles. The van der Waals surface area contributed by atoms with Crippen molar-refractivity contribution in [3.63, 3.8) is 0 Å². The highest BCUT2D eigenvalue weighted by Gasteiger charge is 2.20. The monoisotopic (exact) mass is 380 g/mol. The van der Waals surface area contributed by atoms with Gasteiger partial charge in [-0.2, -0.15) is 0 Å². The first-order valence-electron chi connectivity index (χ1n) is 5.44. The third-order valence-electron chi connectivity index (χ3n) is 2.91. The quantitative estimate of drug-likeness (QED) is 0.752. The lowest BCUT2D eigenvalue weighted by molar-refractivity contribution is 0.0879. The Labute approximate surface area is 122 Å². The van der Waals surface area contributed by atoms with E-state index in [0.29, 0.717) is 6.54 Å². The second kappa shape index (κ2) is 5.93. The number of ketones is 1. The Kier molecular flexibility index (Phi) is 4.77. The van der Waals surface area contributed by atoms with Gasteiger partial charge in [-0.3, -0.25) is 9.69 Å². The van der Waals surface area contributed by atoms with E-state index in [1.54, 1.807) is 0 Å². The summed E-state index contributed by atoms with van der Waals surface area (Å²) in [5.74, 6) is 0.206. The minimum absolute atomic E-state index is 0.206. The summed E-state index contributed by atoms with van der Waals surface area (Å²) >= 11 is 8.34. The molecule has 0 atom stereocenters. The third kappa shape index (κ3) is 3.38. The summed E-state index contributed by atoms with van der Waals surface area (Å²) in [5.41, 5.74) is 0. The van der Waals surface area contributed by atoms with E-state index in [1.807, 2.05) is 5.38 Å². The number of halogens is 2. The highest BCUT2D eigenvalue weighted by atomic mass is 79.9. The number of hydrogen-bond acceptors (Lipinski definition) is 4. The van der Waals surface area contributed by atoms with Crippen molar-refractivity contribution in [2.45, 2.75) is 0 Å². The average Bonchev–Trinajstić information content (AvgIpc) is 2.63. The average molecular weight is 382 g/mol. The summed E-state index contributed by atoms with van der Waals surface area (Å²) in [6.45, 7) is 4.57. The van der Waals surface area contributed by atoms with Crippen molar-refractivity contribution in [1.29, 1.82) is 0 Å². The molecule has 1 aliphatic heterocycles. The fourth-order valence-corrected chi connectivity index (χ4v) is 3.92. The topological polar surface area (TPSA) is 23.6 Å². The predicted octanol–water partition coefficient (Wildman–Crippen LogP) is 2.70. The molecule has 0 N–H and O–H groups in total. The Morgan fingerprint density at radius 2 is 2.00 bits per heavy atom. The molecule has 1 aliphatic rings. The lowest BCUT2D eigenvalue weighted by atomic mass is 10.2. The summed E-state index contributed by atoms with van der Waals surface area (Å²) in [6, 6.07) is 0. The Balaban J connectivity index is 1.95. The van der Waals surface area contributed by atoms with Gasteiger partial charge in [0.1, 0.15) is 0 Å². The Morgan fingerprint density at radius 1 is 1.35 bits per heavy atom. The van der Waals surface area contributed by atoms with Gasteiger partial charge in [-0.15, -0.1) is 11.3 Å². The van der Waals surface area contributed by atoms with Crippen LogP contribution in [-0.2, 0) is 0 Å². The van der Waals surface area contributed by atoms with Crippen molar-refractivity contribution in [3.05, 3.63) is 19.2 Å². The van der Waals surface area contributed by atoms with E-state index in [0.717, 1.165) is 40.0 Å². The summed E-state index contributed by atoms with van der Waals surface area (Å²) in [4.78, 5) is 17.5. The maximum Gasteiger partial charge on any atom is 0.187 e. The van der Waals surface area contributed by atoms with E-state index in [2.05, 4.69) is 48.7 Å². The molecule has 2 heterocycles. The number of rotatable bonds is 3. The number of nitrogens with zero attached hydrogens (tertiary/aromatic N) is 2. The fraction of sp³-hybridized carbons (Fsp3) is 0.545. The molecular weight excluding hydrogens is 368 g/mol. The largest absolute Gasteiger partial charge is 0.304 e. The van der Waals surface area contributed by atoms with Crippen LogP contribution in [0.2, 0.25) is 0 Å². The van der Waals surface area contributed by atoms with Gasteiger partial charge in [-0.25, -0.2) is 0 Å². The molecule has 0 aromatic carbocycles. The number of likely N-dealkylation sites (N-methyl/N-ethyl adjacent to an activating group) is 1. The predicted molar refractivity (Wildman–Crippen MR) is 78.0 cm³/mol. The highest BCUT2D eigenvalue weighted by Crippen LogP contribution is 2.32. The molecule has 94 valence electrons. The Bertz CT molecular complexity index is 414. The van der Waals surface area contributed by atoms with Gasteiger partial charge in [0.15, 0.2) is 5.78 Å². The molecule has 1 fully saturated rings. The molecule has 1 saturated heterocycles. The lowest BCUT2D eigenvalue weighted by Gasteiger charge is -2.31. The van der Waals surface area contributed by atoms with Crippen LogP contribution in [0.1, 0.15) is 9.67 Å². The maximum absolute atomic E-state index is 12.1. The van der Waals surface area contributed by atoms with Crippen molar-refractivity contribution in [1.82, 2.24) is 9.80 Å². The van der Waals surface area contributed by atoms with Crippen LogP contribution in [-0.4, -0.2) is 55.4 Å². The van der Waals surface area contributed by atoms with Gasteiger partial charge in [0, 0.05) is 36.0 Å². The smallest absolute Gasteiger partial charge is 0.187 e. The highest BCUT2D eigenvalue weighted by molar-refractivity contribution is 9.13. The minimum Gasteiger partial charge on any atom is -0.304 e. The molecule has 0 unspecified atom stereocenters. The second-order valence-electron chi connectivity index (χ2n) is 4.23. The molecule has 6 heteroatoms. The van der Waals surface area contributed by atoms with Gasteiger partial charge < -0.3 is 4.90 Å². The Hall–Kier alpha value is 0.250. The van der Waals surface area contributed by atoms with Gasteiger partial charge in [0.25, 0.3) is 0 Å². The van der Waals surface area contributed by atoms with Crippen LogP contribution >= 0.6 is 43.2 Å². The lowest BCUT2D eigenvalue weighted by Crippen LogP contribution is -2.46. The molecule has 0 spiro atoms. The number of Topliss-reactive ketones (excluding diaryl/α,β-unsaturated/α-hetero) is 1. The Morgan fingerprint density at radius 3 is 2.53 bits per heavy atom. The van der Waals surface area contributed by atoms with E-state index >= 15 is 0 Å². The van der Waals surface area contributed by atoms with Gasteiger partial charge in [-0.05, 0) is 38.9 Å². The van der Waals surface area contributed by atoms with E-state index in [-0.39, 0.29) is 5.78 Å². The van der Waals surface area contributed by atoms with Crippen molar-refractivity contribution in [3.8, 4) is 0 Å². The molecule has 2 rings (SSSR count). The number of thiophene rings is 1. The first-order valence-corrected chi connectivity index (χ1v) is 7.91. The van der Waals surface area contributed by atoms with Crippen LogP contribution in [0, 0.1) is 0 Å². The molecular formula is C11H14Br2N2OS. The van der Waals surface area contributed by atoms with E-state index in [4.69, 9.17) is 0 Å². The summed E-state index contributed by atoms with van der Waals surface area (Å²) in [6.07, 6.45) is 0. The van der Waals surface area contributed by atoms with E-state index in [9.17, 15) is 4.79 Å². The molecule has 3 nitrogen and oxygen atoms in total. The van der Waals surface area contributed by atoms with E-state index < -0.39 is 0 Å². The molecule has 0 bridgehead atoms. The standard InChI is InChI=1S/C11H14Br2N2OS/c1-14-2-4-15(5-3-14)6-9(16)11-10(13)8(12)7-17-11/h7H,2-6H2,1H3. The zero-order valence-electron chi connectivity index (χ0n) is 9.58. The van der Waals surface area contributed by atoms with Gasteiger partial charge in [-0.1, -0.05) is 0 Å². The number of carbonyl (C=O) groups is 1. The second-order valence-corrected chi connectivity index (χ2v) is 6.76. The van der Waals surface area contributed by atoms with Gasteiger partial charge in [0.05, 0.1) is 15.9 Å². The SMILES string of the molecule is CN1CCN(CC(=O)c2scc(Br)c2Br)CC1.